The predicted molar refractivity (Wildman–Crippen MR) is 63.9 cm³/mol. The number of aromatic nitrogens is 2. The van der Waals surface area contributed by atoms with Gasteiger partial charge >= 0.3 is 0 Å². The second-order valence-corrected chi connectivity index (χ2v) is 4.17. The quantitative estimate of drug-likeness (QED) is 0.784. The highest BCUT2D eigenvalue weighted by molar-refractivity contribution is 5.31. The highest BCUT2D eigenvalue weighted by Crippen LogP contribution is 2.22. The van der Waals surface area contributed by atoms with Crippen LogP contribution in [0.2, 0.25) is 0 Å². The minimum absolute atomic E-state index is 0.356. The topological polar surface area (TPSA) is 27.1 Å². The first kappa shape index (κ1) is 10.7. The zero-order chi connectivity index (χ0) is 11.5. The van der Waals surface area contributed by atoms with Crippen molar-refractivity contribution in [3.05, 3.63) is 42.2 Å². The molecule has 3 heteroatoms. The number of nitrogens with zero attached hydrogens (tertiary/aromatic N) is 2. The maximum absolute atomic E-state index is 5.71. The summed E-state index contributed by atoms with van der Waals surface area (Å²) in [5.41, 5.74) is 1.19. The SMILES string of the molecule is Cc1cccc(Oc2cnn(C(C)C)c2)c1. The van der Waals surface area contributed by atoms with E-state index in [9.17, 15) is 0 Å². The monoisotopic (exact) mass is 216 g/mol. The molecule has 3 nitrogen and oxygen atoms in total. The van der Waals surface area contributed by atoms with Crippen LogP contribution in [0, 0.1) is 6.92 Å². The molecule has 0 atom stereocenters. The molecule has 1 heterocycles. The Kier molecular flexibility index (Phi) is 2.95. The zero-order valence-electron chi connectivity index (χ0n) is 9.84. The fraction of sp³-hybridized carbons (Fsp3) is 0.308. The van der Waals surface area contributed by atoms with E-state index >= 15 is 0 Å². The number of hydrogen-bond donors (Lipinski definition) is 0. The van der Waals surface area contributed by atoms with Crippen LogP contribution < -0.4 is 4.74 Å². The molecule has 0 N–H and O–H groups in total. The van der Waals surface area contributed by atoms with E-state index in [1.54, 1.807) is 6.20 Å². The molecule has 2 rings (SSSR count). The minimum atomic E-state index is 0.356. The first-order valence-corrected chi connectivity index (χ1v) is 5.44. The lowest BCUT2D eigenvalue weighted by atomic mass is 10.2. The second-order valence-electron chi connectivity index (χ2n) is 4.17. The fourth-order valence-corrected chi connectivity index (χ4v) is 1.47. The van der Waals surface area contributed by atoms with Crippen molar-refractivity contribution in [2.45, 2.75) is 26.8 Å². The van der Waals surface area contributed by atoms with E-state index in [0.717, 1.165) is 11.5 Å². The molecule has 0 saturated carbocycles. The molecule has 0 fully saturated rings. The summed E-state index contributed by atoms with van der Waals surface area (Å²) in [7, 11) is 0. The van der Waals surface area contributed by atoms with Gasteiger partial charge in [0.25, 0.3) is 0 Å². The van der Waals surface area contributed by atoms with E-state index in [2.05, 4.69) is 18.9 Å². The third-order valence-corrected chi connectivity index (χ3v) is 2.33. The first-order valence-electron chi connectivity index (χ1n) is 5.44. The molecule has 0 saturated heterocycles. The molecule has 0 bridgehead atoms. The van der Waals surface area contributed by atoms with Crippen molar-refractivity contribution in [1.82, 2.24) is 9.78 Å². The summed E-state index contributed by atoms with van der Waals surface area (Å²) >= 11 is 0. The van der Waals surface area contributed by atoms with E-state index in [1.165, 1.54) is 5.56 Å². The Hall–Kier alpha value is -1.77. The van der Waals surface area contributed by atoms with Crippen molar-refractivity contribution in [1.29, 1.82) is 0 Å². The summed E-state index contributed by atoms with van der Waals surface area (Å²) in [5.74, 6) is 1.63. The molecule has 0 radical (unpaired) electrons. The molecule has 16 heavy (non-hydrogen) atoms. The summed E-state index contributed by atoms with van der Waals surface area (Å²) < 4.78 is 7.59. The van der Waals surface area contributed by atoms with Crippen LogP contribution in [0.4, 0.5) is 0 Å². The van der Waals surface area contributed by atoms with Crippen molar-refractivity contribution in [2.75, 3.05) is 0 Å². The van der Waals surface area contributed by atoms with E-state index in [4.69, 9.17) is 4.74 Å². The van der Waals surface area contributed by atoms with Crippen molar-refractivity contribution >= 4 is 0 Å². The summed E-state index contributed by atoms with van der Waals surface area (Å²) in [6.45, 7) is 6.22. The van der Waals surface area contributed by atoms with Crippen LogP contribution in [0.25, 0.3) is 0 Å². The number of rotatable bonds is 3. The largest absolute Gasteiger partial charge is 0.454 e. The van der Waals surface area contributed by atoms with Gasteiger partial charge in [-0.15, -0.1) is 0 Å². The fourth-order valence-electron chi connectivity index (χ4n) is 1.47. The lowest BCUT2D eigenvalue weighted by molar-refractivity contribution is 0.477. The molecule has 84 valence electrons. The van der Waals surface area contributed by atoms with Gasteiger partial charge in [0, 0.05) is 6.04 Å². The van der Waals surface area contributed by atoms with Crippen molar-refractivity contribution < 1.29 is 4.74 Å². The summed E-state index contributed by atoms with van der Waals surface area (Å²) in [6, 6.07) is 8.34. The summed E-state index contributed by atoms with van der Waals surface area (Å²) in [5, 5.41) is 4.23. The molecular weight excluding hydrogens is 200 g/mol. The average molecular weight is 216 g/mol. The summed E-state index contributed by atoms with van der Waals surface area (Å²) in [4.78, 5) is 0. The van der Waals surface area contributed by atoms with Gasteiger partial charge in [0.2, 0.25) is 0 Å². The lowest BCUT2D eigenvalue weighted by Gasteiger charge is -2.04. The van der Waals surface area contributed by atoms with Gasteiger partial charge < -0.3 is 4.74 Å². The third-order valence-electron chi connectivity index (χ3n) is 2.33. The van der Waals surface area contributed by atoms with Crippen molar-refractivity contribution in [3.8, 4) is 11.5 Å². The van der Waals surface area contributed by atoms with E-state index in [0.29, 0.717) is 6.04 Å². The Balaban J connectivity index is 2.14. The van der Waals surface area contributed by atoms with Crippen LogP contribution in [0.15, 0.2) is 36.7 Å². The smallest absolute Gasteiger partial charge is 0.165 e. The molecule has 1 aromatic heterocycles. The Morgan fingerprint density at radius 2 is 2.06 bits per heavy atom. The molecule has 0 spiro atoms. The molecule has 0 aliphatic heterocycles. The van der Waals surface area contributed by atoms with E-state index in [-0.39, 0.29) is 0 Å². The first-order chi connectivity index (χ1) is 7.65. The molecule has 0 unspecified atom stereocenters. The van der Waals surface area contributed by atoms with Crippen LogP contribution in [0.3, 0.4) is 0 Å². The normalized spacial score (nSPS) is 10.8. The Labute approximate surface area is 95.7 Å². The number of ether oxygens (including phenoxy) is 1. The van der Waals surface area contributed by atoms with Crippen molar-refractivity contribution in [2.24, 2.45) is 0 Å². The molecule has 1 aromatic carbocycles. The van der Waals surface area contributed by atoms with Gasteiger partial charge in [-0.25, -0.2) is 0 Å². The van der Waals surface area contributed by atoms with Gasteiger partial charge in [-0.2, -0.15) is 5.10 Å². The van der Waals surface area contributed by atoms with E-state index in [1.807, 2.05) is 42.1 Å². The van der Waals surface area contributed by atoms with Gasteiger partial charge in [0.05, 0.1) is 12.4 Å². The molecular formula is C13H16N2O. The van der Waals surface area contributed by atoms with Crippen LogP contribution >= 0.6 is 0 Å². The minimum Gasteiger partial charge on any atom is -0.454 e. The van der Waals surface area contributed by atoms with Crippen molar-refractivity contribution in [3.63, 3.8) is 0 Å². The summed E-state index contributed by atoms with van der Waals surface area (Å²) in [6.07, 6.45) is 3.65. The van der Waals surface area contributed by atoms with E-state index < -0.39 is 0 Å². The Morgan fingerprint density at radius 3 is 2.69 bits per heavy atom. The Morgan fingerprint density at radius 1 is 1.25 bits per heavy atom. The number of hydrogen-bond acceptors (Lipinski definition) is 2. The van der Waals surface area contributed by atoms with Crippen LogP contribution in [-0.2, 0) is 0 Å². The lowest BCUT2D eigenvalue weighted by Crippen LogP contribution is -1.99. The van der Waals surface area contributed by atoms with Crippen LogP contribution in [0.1, 0.15) is 25.5 Å². The number of benzene rings is 1. The number of aryl methyl sites for hydroxylation is 1. The molecule has 0 amide bonds. The second kappa shape index (κ2) is 4.39. The maximum atomic E-state index is 5.71. The standard InChI is InChI=1S/C13H16N2O/c1-10(2)15-9-13(8-14-15)16-12-6-4-5-11(3)7-12/h4-10H,1-3H3. The predicted octanol–water partition coefficient (Wildman–Crippen LogP) is 3.56. The highest BCUT2D eigenvalue weighted by Gasteiger charge is 2.03. The molecule has 2 aromatic rings. The zero-order valence-corrected chi connectivity index (χ0v) is 9.84. The maximum Gasteiger partial charge on any atom is 0.165 e. The van der Waals surface area contributed by atoms with Gasteiger partial charge in [-0.3, -0.25) is 4.68 Å². The van der Waals surface area contributed by atoms with Gasteiger partial charge in [0.15, 0.2) is 5.75 Å². The molecule has 0 aliphatic rings. The van der Waals surface area contributed by atoms with Crippen LogP contribution in [-0.4, -0.2) is 9.78 Å². The third kappa shape index (κ3) is 2.42. The highest BCUT2D eigenvalue weighted by atomic mass is 16.5. The Bertz CT molecular complexity index is 474. The average Bonchev–Trinajstić information content (AvgIpc) is 2.66. The van der Waals surface area contributed by atoms with Gasteiger partial charge in [-0.05, 0) is 38.5 Å². The van der Waals surface area contributed by atoms with Gasteiger partial charge in [0.1, 0.15) is 5.75 Å². The van der Waals surface area contributed by atoms with Gasteiger partial charge in [-0.1, -0.05) is 12.1 Å². The molecule has 0 aliphatic carbocycles. The van der Waals surface area contributed by atoms with Crippen LogP contribution in [0.5, 0.6) is 11.5 Å².